The third-order valence-corrected chi connectivity index (χ3v) is 7.07. The Kier molecular flexibility index (Phi) is 12.8. The minimum Gasteiger partial charge on any atom is -0.480 e. The monoisotopic (exact) mass is 638 g/mol. The number of aliphatic carboxylic acids is 1. The van der Waals surface area contributed by atoms with Crippen LogP contribution in [0.15, 0.2) is 42.9 Å². The molecule has 0 bridgehead atoms. The van der Waals surface area contributed by atoms with E-state index in [1.165, 1.54) is 17.4 Å². The normalized spacial score (nSPS) is 16.3. The van der Waals surface area contributed by atoms with Gasteiger partial charge in [0.2, 0.25) is 17.7 Å². The zero-order valence-electron chi connectivity index (χ0n) is 23.6. The Morgan fingerprint density at radius 2 is 1.86 bits per heavy atom. The standard InChI is InChI=1S/C26H35N6O11P/c33-22(30-21(25(36)37)15-43-44(39,40)41)8-9-28-23(34)18-7-4-10-32(13-18)24(35)20(11-19-12-27-16-29-19)31-26(38)42-14-17-5-2-1-3-6-17/h1-3,5-6,12,16,18,20-21H,4,7-11,13-15H2,(H,27,29)(H,28,34)(H,30,33)(H,31,38)(H,36,37)(H2,39,40,41)/t18?,20-,21-/m0/s1. The molecule has 7 N–H and O–H groups in total. The number of likely N-dealkylation sites (tertiary alicyclic amines) is 1. The van der Waals surface area contributed by atoms with E-state index >= 15 is 0 Å². The first-order chi connectivity index (χ1) is 20.9. The number of nitrogens with one attached hydrogen (secondary N) is 4. The van der Waals surface area contributed by atoms with Gasteiger partial charge in [-0.2, -0.15) is 0 Å². The van der Waals surface area contributed by atoms with Gasteiger partial charge < -0.3 is 45.5 Å². The van der Waals surface area contributed by atoms with Gasteiger partial charge >= 0.3 is 19.9 Å². The number of imidazole rings is 1. The Hall–Kier alpha value is -4.31. The Morgan fingerprint density at radius 3 is 2.52 bits per heavy atom. The molecule has 0 spiro atoms. The summed E-state index contributed by atoms with van der Waals surface area (Å²) in [7, 11) is -4.94. The number of alkyl carbamates (subject to hydrolysis) is 1. The minimum atomic E-state index is -4.94. The number of rotatable bonds is 15. The number of aromatic amines is 1. The molecule has 2 aromatic rings. The van der Waals surface area contributed by atoms with E-state index in [1.807, 2.05) is 18.2 Å². The summed E-state index contributed by atoms with van der Waals surface area (Å²) in [4.78, 5) is 88.1. The number of carboxylic acid groups (broad SMARTS) is 1. The Morgan fingerprint density at radius 1 is 1.11 bits per heavy atom. The third kappa shape index (κ3) is 11.8. The number of benzene rings is 1. The van der Waals surface area contributed by atoms with Gasteiger partial charge in [0.05, 0.1) is 18.9 Å². The summed E-state index contributed by atoms with van der Waals surface area (Å²) >= 11 is 0. The first-order valence-corrected chi connectivity index (χ1v) is 15.2. The molecule has 44 heavy (non-hydrogen) atoms. The highest BCUT2D eigenvalue weighted by atomic mass is 31.2. The molecule has 1 aliphatic heterocycles. The predicted molar refractivity (Wildman–Crippen MR) is 150 cm³/mol. The van der Waals surface area contributed by atoms with E-state index in [9.17, 15) is 28.5 Å². The molecule has 2 heterocycles. The zero-order chi connectivity index (χ0) is 32.1. The van der Waals surface area contributed by atoms with Crippen molar-refractivity contribution in [2.75, 3.05) is 26.2 Å². The predicted octanol–water partition coefficient (Wildman–Crippen LogP) is -0.329. The fraction of sp³-hybridized carbons (Fsp3) is 0.462. The molecule has 1 aromatic heterocycles. The highest BCUT2D eigenvalue weighted by molar-refractivity contribution is 7.46. The lowest BCUT2D eigenvalue weighted by molar-refractivity contribution is -0.143. The van der Waals surface area contributed by atoms with E-state index in [1.54, 1.807) is 12.1 Å². The van der Waals surface area contributed by atoms with Crippen LogP contribution >= 0.6 is 7.82 Å². The summed E-state index contributed by atoms with van der Waals surface area (Å²) in [5.41, 5.74) is 1.38. The molecule has 18 heteroatoms. The fourth-order valence-electron chi connectivity index (χ4n) is 4.39. The van der Waals surface area contributed by atoms with Crippen LogP contribution < -0.4 is 16.0 Å². The third-order valence-electron chi connectivity index (χ3n) is 6.58. The van der Waals surface area contributed by atoms with E-state index in [4.69, 9.17) is 19.6 Å². The first-order valence-electron chi connectivity index (χ1n) is 13.6. The van der Waals surface area contributed by atoms with Crippen molar-refractivity contribution >= 4 is 37.6 Å². The average molecular weight is 639 g/mol. The number of nitrogens with zero attached hydrogens (tertiary/aromatic N) is 2. The number of piperidine rings is 1. The van der Waals surface area contributed by atoms with Crippen LogP contribution in [0.3, 0.4) is 0 Å². The van der Waals surface area contributed by atoms with Crippen LogP contribution in [-0.2, 0) is 46.0 Å². The summed E-state index contributed by atoms with van der Waals surface area (Å²) in [6.45, 7) is -0.668. The molecule has 1 aliphatic rings. The number of phosphoric ester groups is 1. The van der Waals surface area contributed by atoms with Crippen molar-refractivity contribution in [3.63, 3.8) is 0 Å². The molecule has 1 unspecified atom stereocenters. The van der Waals surface area contributed by atoms with E-state index in [0.717, 1.165) is 5.56 Å². The number of hydrogen-bond donors (Lipinski definition) is 7. The lowest BCUT2D eigenvalue weighted by Crippen LogP contribution is -2.54. The van der Waals surface area contributed by atoms with Crippen molar-refractivity contribution in [3.05, 3.63) is 54.1 Å². The zero-order valence-corrected chi connectivity index (χ0v) is 24.5. The van der Waals surface area contributed by atoms with Gasteiger partial charge in [-0.1, -0.05) is 30.3 Å². The summed E-state index contributed by atoms with van der Waals surface area (Å²) in [6, 6.07) is 6.33. The van der Waals surface area contributed by atoms with Gasteiger partial charge in [0.1, 0.15) is 12.6 Å². The van der Waals surface area contributed by atoms with Crippen molar-refractivity contribution in [3.8, 4) is 0 Å². The second-order valence-corrected chi connectivity index (χ2v) is 11.2. The molecule has 4 amide bonds. The topological polar surface area (TPSA) is 250 Å². The van der Waals surface area contributed by atoms with Crippen LogP contribution in [-0.4, -0.2) is 97.9 Å². The second-order valence-electron chi connectivity index (χ2n) is 9.95. The first kappa shape index (κ1) is 34.2. The number of hydrogen-bond acceptors (Lipinski definition) is 9. The van der Waals surface area contributed by atoms with E-state index in [-0.39, 0.29) is 32.5 Å². The molecular formula is C26H35N6O11P. The summed E-state index contributed by atoms with van der Waals surface area (Å²) in [5.74, 6) is -3.79. The van der Waals surface area contributed by atoms with Crippen LogP contribution in [0, 0.1) is 5.92 Å². The lowest BCUT2D eigenvalue weighted by Gasteiger charge is -2.34. The fourth-order valence-corrected chi connectivity index (χ4v) is 4.73. The van der Waals surface area contributed by atoms with Gasteiger partial charge in [0, 0.05) is 44.4 Å². The smallest absolute Gasteiger partial charge is 0.469 e. The molecular weight excluding hydrogens is 603 g/mol. The van der Waals surface area contributed by atoms with Gasteiger partial charge in [0.25, 0.3) is 0 Å². The van der Waals surface area contributed by atoms with E-state index in [2.05, 4.69) is 30.4 Å². The molecule has 240 valence electrons. The number of H-pyrrole nitrogens is 1. The maximum Gasteiger partial charge on any atom is 0.469 e. The van der Waals surface area contributed by atoms with Crippen LogP contribution in [0.4, 0.5) is 4.79 Å². The van der Waals surface area contributed by atoms with Crippen molar-refractivity contribution in [2.24, 2.45) is 5.92 Å². The molecule has 3 rings (SSSR count). The molecule has 0 aliphatic carbocycles. The number of aromatic nitrogens is 2. The molecule has 17 nitrogen and oxygen atoms in total. The quantitative estimate of drug-likeness (QED) is 0.124. The number of carboxylic acids is 1. The minimum absolute atomic E-state index is 0.0137. The van der Waals surface area contributed by atoms with Crippen molar-refractivity contribution in [1.82, 2.24) is 30.8 Å². The van der Waals surface area contributed by atoms with Crippen LogP contribution in [0.25, 0.3) is 0 Å². The van der Waals surface area contributed by atoms with Gasteiger partial charge in [0.15, 0.2) is 6.04 Å². The summed E-state index contributed by atoms with van der Waals surface area (Å²) < 4.78 is 20.2. The highest BCUT2D eigenvalue weighted by Gasteiger charge is 2.33. The average Bonchev–Trinajstić information content (AvgIpc) is 3.50. The number of ether oxygens (including phenoxy) is 1. The van der Waals surface area contributed by atoms with Crippen LogP contribution in [0.5, 0.6) is 0 Å². The van der Waals surface area contributed by atoms with Crippen molar-refractivity contribution in [1.29, 1.82) is 0 Å². The Labute approximate surface area is 251 Å². The molecule has 1 fully saturated rings. The van der Waals surface area contributed by atoms with Crippen molar-refractivity contribution < 1.29 is 52.7 Å². The van der Waals surface area contributed by atoms with Gasteiger partial charge in [-0.05, 0) is 18.4 Å². The Bertz CT molecular complexity index is 1320. The number of amides is 4. The number of carbonyl (C=O) groups excluding carboxylic acids is 4. The van der Waals surface area contributed by atoms with Gasteiger partial charge in [-0.3, -0.25) is 18.9 Å². The molecule has 1 aromatic carbocycles. The maximum atomic E-state index is 13.5. The molecule has 3 atom stereocenters. The van der Waals surface area contributed by atoms with E-state index in [0.29, 0.717) is 25.1 Å². The van der Waals surface area contributed by atoms with Crippen molar-refractivity contribution in [2.45, 2.75) is 44.4 Å². The summed E-state index contributed by atoms with van der Waals surface area (Å²) in [6.07, 6.45) is 2.97. The molecule has 0 saturated carbocycles. The maximum absolute atomic E-state index is 13.5. The highest BCUT2D eigenvalue weighted by Crippen LogP contribution is 2.35. The van der Waals surface area contributed by atoms with Gasteiger partial charge in [-0.25, -0.2) is 19.1 Å². The summed E-state index contributed by atoms with van der Waals surface area (Å²) in [5, 5.41) is 16.4. The largest absolute Gasteiger partial charge is 0.480 e. The second kappa shape index (κ2) is 16.5. The number of carbonyl (C=O) groups is 5. The van der Waals surface area contributed by atoms with Gasteiger partial charge in [-0.15, -0.1) is 0 Å². The van der Waals surface area contributed by atoms with E-state index < -0.39 is 62.2 Å². The SMILES string of the molecule is O=C(CCNC(=O)C1CCCN(C(=O)[C@H](Cc2cnc[nH]2)NC(=O)OCc2ccccc2)C1)N[C@@H](COP(=O)(O)O)C(=O)O. The number of phosphoric acid groups is 1. The van der Waals surface area contributed by atoms with Crippen LogP contribution in [0.2, 0.25) is 0 Å². The molecule has 0 radical (unpaired) electrons. The van der Waals surface area contributed by atoms with Crippen LogP contribution in [0.1, 0.15) is 30.5 Å². The lowest BCUT2D eigenvalue weighted by atomic mass is 9.96. The molecule has 1 saturated heterocycles. The Balaban J connectivity index is 1.51.